The van der Waals surface area contributed by atoms with Gasteiger partial charge in [0.25, 0.3) is 5.91 Å². The van der Waals surface area contributed by atoms with Crippen LogP contribution >= 0.6 is 11.6 Å². The topological polar surface area (TPSA) is 70.6 Å². The molecule has 1 aromatic carbocycles. The number of nitrogens with zero attached hydrogens (tertiary/aromatic N) is 4. The van der Waals surface area contributed by atoms with Crippen LogP contribution in [0.5, 0.6) is 5.75 Å². The van der Waals surface area contributed by atoms with Crippen molar-refractivity contribution in [3.63, 3.8) is 0 Å². The first kappa shape index (κ1) is 17.4. The Labute approximate surface area is 151 Å². The van der Waals surface area contributed by atoms with Crippen molar-refractivity contribution in [1.82, 2.24) is 14.9 Å². The number of nitrogens with one attached hydrogen (secondary N) is 1. The number of halogens is 1. The number of methoxy groups -OCH3 is 1. The van der Waals surface area contributed by atoms with E-state index < -0.39 is 0 Å². The molecule has 25 heavy (non-hydrogen) atoms. The zero-order chi connectivity index (χ0) is 17.8. The lowest BCUT2D eigenvalue weighted by molar-refractivity contribution is 0.102. The summed E-state index contributed by atoms with van der Waals surface area (Å²) in [6, 6.07) is 5.04. The van der Waals surface area contributed by atoms with E-state index in [0.29, 0.717) is 16.5 Å². The molecule has 0 saturated carbocycles. The van der Waals surface area contributed by atoms with Crippen LogP contribution in [0.1, 0.15) is 10.5 Å². The fourth-order valence-corrected chi connectivity index (χ4v) is 2.83. The summed E-state index contributed by atoms with van der Waals surface area (Å²) in [7, 11) is 3.64. The van der Waals surface area contributed by atoms with Crippen molar-refractivity contribution in [3.05, 3.63) is 41.3 Å². The van der Waals surface area contributed by atoms with Crippen molar-refractivity contribution in [2.75, 3.05) is 50.6 Å². The molecule has 0 radical (unpaired) electrons. The van der Waals surface area contributed by atoms with E-state index in [2.05, 4.69) is 32.1 Å². The Balaban J connectivity index is 1.65. The maximum atomic E-state index is 12.3. The Kier molecular flexibility index (Phi) is 5.35. The number of ether oxygens (including phenoxy) is 1. The van der Waals surface area contributed by atoms with Crippen LogP contribution in [-0.2, 0) is 0 Å². The third-order valence-corrected chi connectivity index (χ3v) is 4.40. The van der Waals surface area contributed by atoms with Crippen LogP contribution in [0.25, 0.3) is 0 Å². The minimum atomic E-state index is -0.335. The van der Waals surface area contributed by atoms with Crippen molar-refractivity contribution in [2.45, 2.75) is 0 Å². The van der Waals surface area contributed by atoms with E-state index in [-0.39, 0.29) is 11.6 Å². The summed E-state index contributed by atoms with van der Waals surface area (Å²) in [6.07, 6.45) is 3.13. The van der Waals surface area contributed by atoms with Gasteiger partial charge in [-0.3, -0.25) is 4.79 Å². The van der Waals surface area contributed by atoms with Crippen molar-refractivity contribution >= 4 is 29.0 Å². The van der Waals surface area contributed by atoms with E-state index in [1.807, 2.05) is 0 Å². The van der Waals surface area contributed by atoms with E-state index in [1.54, 1.807) is 24.4 Å². The van der Waals surface area contributed by atoms with E-state index >= 15 is 0 Å². The SMILES string of the molecule is COc1ccc(NC(=O)c2cnc(N3CCN(C)CC3)cn2)cc1Cl. The number of piperazine rings is 1. The predicted molar refractivity (Wildman–Crippen MR) is 97.7 cm³/mol. The molecule has 2 aromatic rings. The van der Waals surface area contributed by atoms with Gasteiger partial charge < -0.3 is 19.9 Å². The summed E-state index contributed by atoms with van der Waals surface area (Å²) >= 11 is 6.06. The lowest BCUT2D eigenvalue weighted by Crippen LogP contribution is -2.44. The van der Waals surface area contributed by atoms with Crippen LogP contribution < -0.4 is 15.0 Å². The highest BCUT2D eigenvalue weighted by molar-refractivity contribution is 6.32. The monoisotopic (exact) mass is 361 g/mol. The number of rotatable bonds is 4. The Morgan fingerprint density at radius 3 is 2.56 bits per heavy atom. The average Bonchev–Trinajstić information content (AvgIpc) is 2.63. The summed E-state index contributed by atoms with van der Waals surface area (Å²) in [5, 5.41) is 3.18. The second-order valence-corrected chi connectivity index (χ2v) is 6.26. The molecule has 1 amide bonds. The number of carbonyl (C=O) groups excluding carboxylic acids is 1. The molecule has 0 spiro atoms. The Morgan fingerprint density at radius 2 is 1.96 bits per heavy atom. The van der Waals surface area contributed by atoms with Crippen molar-refractivity contribution < 1.29 is 9.53 Å². The van der Waals surface area contributed by atoms with Gasteiger partial charge >= 0.3 is 0 Å². The Hall–Kier alpha value is -2.38. The number of carbonyl (C=O) groups is 1. The van der Waals surface area contributed by atoms with Gasteiger partial charge in [-0.05, 0) is 25.2 Å². The van der Waals surface area contributed by atoms with Crippen LogP contribution in [0.3, 0.4) is 0 Å². The molecular formula is C17H20ClN5O2. The maximum Gasteiger partial charge on any atom is 0.275 e. The lowest BCUT2D eigenvalue weighted by atomic mass is 10.3. The van der Waals surface area contributed by atoms with Gasteiger partial charge in [-0.25, -0.2) is 9.97 Å². The van der Waals surface area contributed by atoms with Gasteiger partial charge in [0.15, 0.2) is 0 Å². The first-order valence-electron chi connectivity index (χ1n) is 7.97. The second kappa shape index (κ2) is 7.67. The summed E-state index contributed by atoms with van der Waals surface area (Å²) in [5.74, 6) is 1.01. The van der Waals surface area contributed by atoms with Gasteiger partial charge in [0.1, 0.15) is 17.3 Å². The highest BCUT2D eigenvalue weighted by Gasteiger charge is 2.16. The normalized spacial score (nSPS) is 15.1. The highest BCUT2D eigenvalue weighted by Crippen LogP contribution is 2.27. The van der Waals surface area contributed by atoms with Crippen molar-refractivity contribution in [1.29, 1.82) is 0 Å². The van der Waals surface area contributed by atoms with E-state index in [0.717, 1.165) is 32.0 Å². The molecule has 1 N–H and O–H groups in total. The molecule has 3 rings (SSSR count). The first-order valence-corrected chi connectivity index (χ1v) is 8.35. The standard InChI is InChI=1S/C17H20ClN5O2/c1-22-5-7-23(8-6-22)16-11-19-14(10-20-16)17(24)21-12-3-4-15(25-2)13(18)9-12/h3-4,9-11H,5-8H2,1-2H3,(H,21,24). The molecule has 1 aromatic heterocycles. The molecule has 1 aliphatic rings. The third-order valence-electron chi connectivity index (χ3n) is 4.11. The van der Waals surface area contributed by atoms with E-state index in [1.165, 1.54) is 13.3 Å². The molecule has 0 unspecified atom stereocenters. The molecule has 7 nitrogen and oxygen atoms in total. The van der Waals surface area contributed by atoms with Gasteiger partial charge in [0, 0.05) is 31.9 Å². The fraction of sp³-hybridized carbons (Fsp3) is 0.353. The number of amides is 1. The Morgan fingerprint density at radius 1 is 1.20 bits per heavy atom. The number of hydrogen-bond acceptors (Lipinski definition) is 6. The molecule has 0 atom stereocenters. The molecule has 0 aliphatic carbocycles. The first-order chi connectivity index (χ1) is 12.1. The molecule has 1 saturated heterocycles. The van der Waals surface area contributed by atoms with Crippen LogP contribution in [-0.4, -0.2) is 61.1 Å². The molecule has 1 aliphatic heterocycles. The number of aromatic nitrogens is 2. The van der Waals surface area contributed by atoms with Crippen molar-refractivity contribution in [2.24, 2.45) is 0 Å². The molecule has 8 heteroatoms. The lowest BCUT2D eigenvalue weighted by Gasteiger charge is -2.32. The van der Waals surface area contributed by atoms with Crippen LogP contribution in [0.4, 0.5) is 11.5 Å². The Bertz CT molecular complexity index is 745. The number of anilines is 2. The quantitative estimate of drug-likeness (QED) is 0.899. The van der Waals surface area contributed by atoms with E-state index in [9.17, 15) is 4.79 Å². The zero-order valence-corrected chi connectivity index (χ0v) is 15.0. The third kappa shape index (κ3) is 4.18. The maximum absolute atomic E-state index is 12.3. The van der Waals surface area contributed by atoms with Gasteiger partial charge in [-0.2, -0.15) is 0 Å². The van der Waals surface area contributed by atoms with Crippen LogP contribution in [0.2, 0.25) is 5.02 Å². The van der Waals surface area contributed by atoms with Gasteiger partial charge in [0.2, 0.25) is 0 Å². The number of benzene rings is 1. The summed E-state index contributed by atoms with van der Waals surface area (Å²) in [6.45, 7) is 3.78. The van der Waals surface area contributed by atoms with Crippen LogP contribution in [0, 0.1) is 0 Å². The molecule has 1 fully saturated rings. The fourth-order valence-electron chi connectivity index (χ4n) is 2.58. The van der Waals surface area contributed by atoms with Gasteiger partial charge in [-0.15, -0.1) is 0 Å². The summed E-state index contributed by atoms with van der Waals surface area (Å²) < 4.78 is 5.09. The summed E-state index contributed by atoms with van der Waals surface area (Å²) in [5.41, 5.74) is 0.825. The van der Waals surface area contributed by atoms with Gasteiger partial charge in [0.05, 0.1) is 24.5 Å². The molecule has 132 valence electrons. The van der Waals surface area contributed by atoms with E-state index in [4.69, 9.17) is 16.3 Å². The zero-order valence-electron chi connectivity index (χ0n) is 14.2. The highest BCUT2D eigenvalue weighted by atomic mass is 35.5. The summed E-state index contributed by atoms with van der Waals surface area (Å²) in [4.78, 5) is 25.3. The average molecular weight is 362 g/mol. The van der Waals surface area contributed by atoms with Crippen molar-refractivity contribution in [3.8, 4) is 5.75 Å². The molecule has 0 bridgehead atoms. The van der Waals surface area contributed by atoms with Crippen LogP contribution in [0.15, 0.2) is 30.6 Å². The molecular weight excluding hydrogens is 342 g/mol. The largest absolute Gasteiger partial charge is 0.495 e. The second-order valence-electron chi connectivity index (χ2n) is 5.85. The number of likely N-dealkylation sites (N-methyl/N-ethyl adjacent to an activating group) is 1. The van der Waals surface area contributed by atoms with Gasteiger partial charge in [-0.1, -0.05) is 11.6 Å². The minimum Gasteiger partial charge on any atom is -0.495 e. The minimum absolute atomic E-state index is 0.254. The number of hydrogen-bond donors (Lipinski definition) is 1. The predicted octanol–water partition coefficient (Wildman–Crippen LogP) is 2.14. The molecule has 2 heterocycles. The smallest absolute Gasteiger partial charge is 0.275 e.